The Hall–Kier alpha value is -3.45. The fraction of sp³-hybridized carbons (Fsp3) is 0.542. The number of rotatable bonds is 12. The fourth-order valence-corrected chi connectivity index (χ4v) is 4.03. The Morgan fingerprint density at radius 3 is 2.32 bits per heavy atom. The molecule has 2 rings (SSSR count). The van der Waals surface area contributed by atoms with Crippen molar-refractivity contribution < 1.29 is 38.8 Å². The van der Waals surface area contributed by atoms with Gasteiger partial charge in [0.25, 0.3) is 0 Å². The van der Waals surface area contributed by atoms with Crippen LogP contribution in [0.2, 0.25) is 0 Å². The minimum Gasteiger partial charge on any atom is -0.469 e. The van der Waals surface area contributed by atoms with E-state index in [-0.39, 0.29) is 19.3 Å². The van der Waals surface area contributed by atoms with Crippen LogP contribution < -0.4 is 16.0 Å². The van der Waals surface area contributed by atoms with E-state index in [2.05, 4.69) is 20.7 Å². The van der Waals surface area contributed by atoms with Crippen LogP contribution in [0.4, 0.5) is 0 Å². The smallest absolute Gasteiger partial charge is 0.469 e. The van der Waals surface area contributed by atoms with E-state index in [0.29, 0.717) is 19.4 Å². The van der Waals surface area contributed by atoms with E-state index in [1.807, 2.05) is 6.07 Å². The average molecular weight is 518 g/mol. The van der Waals surface area contributed by atoms with Crippen LogP contribution in [-0.2, 0) is 35.1 Å². The summed E-state index contributed by atoms with van der Waals surface area (Å²) in [4.78, 5) is 63.0. The quantitative estimate of drug-likeness (QED) is 0.167. The van der Waals surface area contributed by atoms with E-state index >= 15 is 0 Å². The van der Waals surface area contributed by atoms with E-state index < -0.39 is 60.8 Å². The molecule has 4 unspecified atom stereocenters. The minimum atomic E-state index is -1.79. The van der Waals surface area contributed by atoms with Gasteiger partial charge in [-0.1, -0.05) is 30.3 Å². The van der Waals surface area contributed by atoms with Crippen LogP contribution in [0.15, 0.2) is 30.3 Å². The van der Waals surface area contributed by atoms with Crippen molar-refractivity contribution in [2.45, 2.75) is 70.0 Å². The van der Waals surface area contributed by atoms with Crippen molar-refractivity contribution in [3.63, 3.8) is 0 Å². The highest BCUT2D eigenvalue weighted by atomic mass is 16.5. The van der Waals surface area contributed by atoms with Gasteiger partial charge in [-0.15, -0.1) is 0 Å². The molecular formula is C24H35BN4O8. The zero-order chi connectivity index (χ0) is 27.5. The van der Waals surface area contributed by atoms with Crippen molar-refractivity contribution in [3.8, 4) is 0 Å². The standard InChI is InChI=1S/C24H35BN4O8/c1-15(26-20(30)11-12-21(31)37-3)22(32)27-16(2)24(34)29-13-7-10-18(29)23(33)28-19(25(35)36)14-17-8-5-4-6-9-17/h4-6,8-9,15-16,18-19,35-36H,7,10-14H2,1-3H3,(H,26,30)(H,27,32)(H,28,33). The topological polar surface area (TPSA) is 174 Å². The second-order valence-corrected chi connectivity index (χ2v) is 9.00. The van der Waals surface area contributed by atoms with Gasteiger partial charge in [0.15, 0.2) is 0 Å². The van der Waals surface area contributed by atoms with Crippen LogP contribution in [-0.4, -0.2) is 89.4 Å². The van der Waals surface area contributed by atoms with Crippen LogP contribution in [0.25, 0.3) is 0 Å². The number of carbonyl (C=O) groups excluding carboxylic acids is 5. The number of hydrogen-bond acceptors (Lipinski definition) is 8. The average Bonchev–Trinajstić information content (AvgIpc) is 3.36. The molecule has 5 N–H and O–H groups in total. The summed E-state index contributed by atoms with van der Waals surface area (Å²) in [5.41, 5.74) is 0.808. The summed E-state index contributed by atoms with van der Waals surface area (Å²) >= 11 is 0. The van der Waals surface area contributed by atoms with E-state index in [4.69, 9.17) is 0 Å². The SMILES string of the molecule is COC(=O)CCC(=O)NC(C)C(=O)NC(C)C(=O)N1CCCC1C(=O)NC(Cc1ccccc1)B(O)O. The first kappa shape index (κ1) is 29.8. The zero-order valence-corrected chi connectivity index (χ0v) is 21.3. The number of ether oxygens (including phenoxy) is 1. The van der Waals surface area contributed by atoms with Crippen LogP contribution in [0.3, 0.4) is 0 Å². The molecule has 1 saturated heterocycles. The molecule has 0 saturated carbocycles. The summed E-state index contributed by atoms with van der Waals surface area (Å²) in [6.07, 6.45) is 0.897. The van der Waals surface area contributed by atoms with Crippen LogP contribution in [0, 0.1) is 0 Å². The summed E-state index contributed by atoms with van der Waals surface area (Å²) in [6.45, 7) is 3.23. The predicted molar refractivity (Wildman–Crippen MR) is 133 cm³/mol. The Labute approximate surface area is 216 Å². The highest BCUT2D eigenvalue weighted by molar-refractivity contribution is 6.43. The molecule has 202 valence electrons. The lowest BCUT2D eigenvalue weighted by Gasteiger charge is -2.29. The summed E-state index contributed by atoms with van der Waals surface area (Å²) in [6, 6.07) is 6.30. The van der Waals surface area contributed by atoms with Crippen molar-refractivity contribution in [2.75, 3.05) is 13.7 Å². The molecule has 4 amide bonds. The number of nitrogens with zero attached hydrogens (tertiary/aromatic N) is 1. The van der Waals surface area contributed by atoms with Gasteiger partial charge in [-0.25, -0.2) is 0 Å². The largest absolute Gasteiger partial charge is 0.475 e. The third-order valence-corrected chi connectivity index (χ3v) is 6.11. The molecule has 1 fully saturated rings. The minimum absolute atomic E-state index is 0.122. The third kappa shape index (κ3) is 9.18. The van der Waals surface area contributed by atoms with E-state index in [1.54, 1.807) is 24.3 Å². The maximum Gasteiger partial charge on any atom is 0.475 e. The van der Waals surface area contributed by atoms with Crippen molar-refractivity contribution in [1.29, 1.82) is 0 Å². The van der Waals surface area contributed by atoms with Gasteiger partial charge in [-0.2, -0.15) is 0 Å². The highest BCUT2D eigenvalue weighted by Gasteiger charge is 2.38. The van der Waals surface area contributed by atoms with E-state index in [1.165, 1.54) is 25.9 Å². The number of esters is 1. The molecule has 1 aliphatic rings. The first-order valence-electron chi connectivity index (χ1n) is 12.2. The Balaban J connectivity index is 1.92. The lowest BCUT2D eigenvalue weighted by atomic mass is 9.75. The summed E-state index contributed by atoms with van der Waals surface area (Å²) in [5, 5.41) is 27.2. The van der Waals surface area contributed by atoms with Gasteiger partial charge in [0, 0.05) is 13.0 Å². The molecule has 1 aliphatic heterocycles. The van der Waals surface area contributed by atoms with Gasteiger partial charge >= 0.3 is 13.1 Å². The second kappa shape index (κ2) is 14.3. The summed E-state index contributed by atoms with van der Waals surface area (Å²) < 4.78 is 4.47. The monoisotopic (exact) mass is 518 g/mol. The molecular weight excluding hydrogens is 483 g/mol. The fourth-order valence-electron chi connectivity index (χ4n) is 4.03. The van der Waals surface area contributed by atoms with Gasteiger partial charge in [0.1, 0.15) is 18.1 Å². The Morgan fingerprint density at radius 1 is 1.03 bits per heavy atom. The molecule has 13 heteroatoms. The number of likely N-dealkylation sites (tertiary alicyclic amines) is 1. The first-order valence-corrected chi connectivity index (χ1v) is 12.2. The molecule has 0 spiro atoms. The second-order valence-electron chi connectivity index (χ2n) is 9.00. The van der Waals surface area contributed by atoms with Crippen molar-refractivity contribution >= 4 is 36.7 Å². The first-order chi connectivity index (χ1) is 17.5. The molecule has 37 heavy (non-hydrogen) atoms. The Morgan fingerprint density at radius 2 is 1.70 bits per heavy atom. The van der Waals surface area contributed by atoms with Crippen molar-refractivity contribution in [1.82, 2.24) is 20.9 Å². The molecule has 0 bridgehead atoms. The summed E-state index contributed by atoms with van der Waals surface area (Å²) in [5.74, 6) is -3.61. The van der Waals surface area contributed by atoms with Crippen LogP contribution in [0.1, 0.15) is 45.1 Å². The molecule has 1 aromatic carbocycles. The van der Waals surface area contributed by atoms with Gasteiger partial charge in [0.2, 0.25) is 23.6 Å². The van der Waals surface area contributed by atoms with Gasteiger partial charge in [-0.05, 0) is 38.7 Å². The molecule has 1 aromatic rings. The van der Waals surface area contributed by atoms with Crippen molar-refractivity contribution in [3.05, 3.63) is 35.9 Å². The Kier molecular flexibility index (Phi) is 11.5. The third-order valence-electron chi connectivity index (χ3n) is 6.11. The number of hydrogen-bond donors (Lipinski definition) is 5. The molecule has 0 radical (unpaired) electrons. The number of carbonyl (C=O) groups is 5. The van der Waals surface area contributed by atoms with Gasteiger partial charge < -0.3 is 35.6 Å². The predicted octanol–water partition coefficient (Wildman–Crippen LogP) is -1.32. The van der Waals surface area contributed by atoms with E-state index in [9.17, 15) is 34.0 Å². The number of nitrogens with one attached hydrogen (secondary N) is 3. The molecule has 12 nitrogen and oxygen atoms in total. The Bertz CT molecular complexity index is 961. The molecule has 0 aromatic heterocycles. The lowest BCUT2D eigenvalue weighted by molar-refractivity contribution is -0.142. The number of methoxy groups -OCH3 is 1. The van der Waals surface area contributed by atoms with Crippen molar-refractivity contribution in [2.24, 2.45) is 0 Å². The molecule has 1 heterocycles. The zero-order valence-electron chi connectivity index (χ0n) is 21.3. The number of benzene rings is 1. The maximum absolute atomic E-state index is 13.1. The van der Waals surface area contributed by atoms with Gasteiger partial charge in [-0.3, -0.25) is 24.0 Å². The number of amides is 4. The van der Waals surface area contributed by atoms with E-state index in [0.717, 1.165) is 5.56 Å². The normalized spacial score (nSPS) is 17.2. The van der Waals surface area contributed by atoms with Crippen LogP contribution >= 0.6 is 0 Å². The maximum atomic E-state index is 13.1. The highest BCUT2D eigenvalue weighted by Crippen LogP contribution is 2.19. The van der Waals surface area contributed by atoms with Crippen LogP contribution in [0.5, 0.6) is 0 Å². The molecule has 4 atom stereocenters. The van der Waals surface area contributed by atoms with Gasteiger partial charge in [0.05, 0.1) is 19.5 Å². The molecule has 0 aliphatic carbocycles. The lowest BCUT2D eigenvalue weighted by Crippen LogP contribution is -2.57. The summed E-state index contributed by atoms with van der Waals surface area (Å²) in [7, 11) is -0.584.